The summed E-state index contributed by atoms with van der Waals surface area (Å²) in [4.78, 5) is 25.2. The number of benzene rings is 1. The van der Waals surface area contributed by atoms with Gasteiger partial charge in [-0.25, -0.2) is 5.43 Å². The van der Waals surface area contributed by atoms with Gasteiger partial charge >= 0.3 is 5.91 Å². The molecule has 2 N–H and O–H groups in total. The number of carbonyl (C=O) groups is 2. The van der Waals surface area contributed by atoms with Crippen molar-refractivity contribution < 1.29 is 27.9 Å². The van der Waals surface area contributed by atoms with Crippen LogP contribution in [0.25, 0.3) is 0 Å². The van der Waals surface area contributed by atoms with Crippen molar-refractivity contribution in [2.45, 2.75) is 26.2 Å². The van der Waals surface area contributed by atoms with E-state index in [4.69, 9.17) is 18.3 Å². The first kappa shape index (κ1) is 21.2. The molecule has 4 rings (SSSR count). The smallest absolute Gasteiger partial charge is 0.307 e. The Morgan fingerprint density at radius 2 is 1.94 bits per heavy atom. The van der Waals surface area contributed by atoms with Crippen LogP contribution < -0.4 is 20.2 Å². The molecule has 2 aromatic heterocycles. The molecule has 0 fully saturated rings. The number of aryl methyl sites for hydroxylation is 1. The Morgan fingerprint density at radius 3 is 2.66 bits per heavy atom. The lowest BCUT2D eigenvalue weighted by molar-refractivity contribution is 0.0926. The summed E-state index contributed by atoms with van der Waals surface area (Å²) in [6.45, 7) is 1.80. The van der Waals surface area contributed by atoms with Crippen LogP contribution >= 0.6 is 0 Å². The number of amides is 2. The molecule has 1 aliphatic rings. The van der Waals surface area contributed by atoms with Gasteiger partial charge in [0.15, 0.2) is 11.5 Å². The first-order valence-electron chi connectivity index (χ1n) is 10.1. The second-order valence-electron chi connectivity index (χ2n) is 7.20. The third-order valence-corrected chi connectivity index (χ3v) is 5.22. The molecular weight excluding hydrogens is 414 g/mol. The van der Waals surface area contributed by atoms with E-state index >= 15 is 0 Å². The Kier molecular flexibility index (Phi) is 5.98. The van der Waals surface area contributed by atoms with Crippen LogP contribution in [0.2, 0.25) is 0 Å². The lowest BCUT2D eigenvalue weighted by Crippen LogP contribution is -2.21. The van der Waals surface area contributed by atoms with Gasteiger partial charge < -0.3 is 23.6 Å². The molecule has 1 aromatic carbocycles. The number of anilines is 1. The van der Waals surface area contributed by atoms with Gasteiger partial charge in [0.25, 0.3) is 5.91 Å². The van der Waals surface area contributed by atoms with E-state index in [-0.39, 0.29) is 11.5 Å². The normalized spacial score (nSPS) is 14.0. The van der Waals surface area contributed by atoms with E-state index in [1.807, 2.05) is 0 Å². The predicted molar refractivity (Wildman–Crippen MR) is 117 cm³/mol. The van der Waals surface area contributed by atoms with Crippen LogP contribution in [0.3, 0.4) is 0 Å². The zero-order valence-corrected chi connectivity index (χ0v) is 18.0. The third kappa shape index (κ3) is 4.09. The van der Waals surface area contributed by atoms with Gasteiger partial charge in [0.2, 0.25) is 0 Å². The molecule has 9 heteroatoms. The number of ether oxygens (including phenoxy) is 2. The number of hydrogen-bond acceptors (Lipinski definition) is 7. The minimum atomic E-state index is -0.446. The van der Waals surface area contributed by atoms with Crippen LogP contribution in [-0.4, -0.2) is 31.7 Å². The zero-order chi connectivity index (χ0) is 22.7. The molecule has 0 saturated carbocycles. The van der Waals surface area contributed by atoms with E-state index in [0.29, 0.717) is 47.1 Å². The van der Waals surface area contributed by atoms with Gasteiger partial charge in [-0.1, -0.05) is 0 Å². The molecule has 166 valence electrons. The van der Waals surface area contributed by atoms with E-state index in [9.17, 15) is 9.59 Å². The minimum absolute atomic E-state index is 0.168. The topological polar surface area (TPSA) is 115 Å². The Balaban J connectivity index is 1.59. The predicted octanol–water partition coefficient (Wildman–Crippen LogP) is 3.92. The number of furan rings is 2. The van der Waals surface area contributed by atoms with E-state index < -0.39 is 11.8 Å². The fourth-order valence-electron chi connectivity index (χ4n) is 3.67. The first-order valence-corrected chi connectivity index (χ1v) is 10.1. The molecular formula is C23H23N3O6. The highest BCUT2D eigenvalue weighted by Crippen LogP contribution is 2.32. The van der Waals surface area contributed by atoms with Gasteiger partial charge in [-0.2, -0.15) is 5.10 Å². The van der Waals surface area contributed by atoms with Gasteiger partial charge in [-0.15, -0.1) is 0 Å². The highest BCUT2D eigenvalue weighted by molar-refractivity contribution is 6.09. The summed E-state index contributed by atoms with van der Waals surface area (Å²) in [5.74, 6) is 1.24. The number of fused-ring (bicyclic) bond motifs is 1. The molecule has 9 nitrogen and oxygen atoms in total. The van der Waals surface area contributed by atoms with Crippen LogP contribution in [0.15, 0.2) is 50.5 Å². The summed E-state index contributed by atoms with van der Waals surface area (Å²) in [7, 11) is 3.07. The molecule has 0 spiro atoms. The van der Waals surface area contributed by atoms with Crippen LogP contribution in [-0.2, 0) is 6.42 Å². The molecule has 0 radical (unpaired) electrons. The molecule has 1 aliphatic carbocycles. The molecule has 2 heterocycles. The highest BCUT2D eigenvalue weighted by Gasteiger charge is 2.28. The summed E-state index contributed by atoms with van der Waals surface area (Å²) in [6, 6.07) is 8.31. The molecule has 0 atom stereocenters. The molecule has 0 unspecified atom stereocenters. The van der Waals surface area contributed by atoms with Crippen molar-refractivity contribution in [3.05, 3.63) is 65.0 Å². The Morgan fingerprint density at radius 1 is 1.09 bits per heavy atom. The quantitative estimate of drug-likeness (QED) is 0.565. The summed E-state index contributed by atoms with van der Waals surface area (Å²) >= 11 is 0. The van der Waals surface area contributed by atoms with Crippen molar-refractivity contribution in [1.29, 1.82) is 0 Å². The highest BCUT2D eigenvalue weighted by atomic mass is 16.5. The SMILES string of the molecule is COc1ccc(OC)c(NC(=O)c2oc3c(c2C)/C(=N/NC(=O)c2ccco2)CCC3)c1. The number of rotatable bonds is 6. The summed E-state index contributed by atoms with van der Waals surface area (Å²) in [5.41, 5.74) is 5.04. The van der Waals surface area contributed by atoms with Crippen molar-refractivity contribution >= 4 is 23.2 Å². The average Bonchev–Trinajstić information content (AvgIpc) is 3.46. The number of carbonyl (C=O) groups excluding carboxylic acids is 2. The fraction of sp³-hybridized carbons (Fsp3) is 0.261. The maximum absolute atomic E-state index is 13.0. The summed E-state index contributed by atoms with van der Waals surface area (Å²) in [6.07, 6.45) is 3.54. The van der Waals surface area contributed by atoms with Gasteiger partial charge in [-0.3, -0.25) is 9.59 Å². The van der Waals surface area contributed by atoms with Gasteiger partial charge in [0.1, 0.15) is 17.3 Å². The molecule has 0 saturated heterocycles. The lowest BCUT2D eigenvalue weighted by Gasteiger charge is -2.13. The zero-order valence-electron chi connectivity index (χ0n) is 18.0. The van der Waals surface area contributed by atoms with Crippen LogP contribution in [0.4, 0.5) is 5.69 Å². The van der Waals surface area contributed by atoms with Crippen molar-refractivity contribution in [2.75, 3.05) is 19.5 Å². The van der Waals surface area contributed by atoms with E-state index in [1.54, 1.807) is 44.4 Å². The fourth-order valence-corrected chi connectivity index (χ4v) is 3.67. The lowest BCUT2D eigenvalue weighted by atomic mass is 9.93. The van der Waals surface area contributed by atoms with Gasteiger partial charge in [0, 0.05) is 23.6 Å². The maximum Gasteiger partial charge on any atom is 0.307 e. The number of hydrogen-bond donors (Lipinski definition) is 2. The van der Waals surface area contributed by atoms with Gasteiger partial charge in [-0.05, 0) is 44.0 Å². The standard InChI is InChI=1S/C23H23N3O6/c1-13-20-15(25-26-22(27)19-8-5-11-31-19)6-4-7-18(20)32-21(13)23(28)24-16-12-14(29-2)9-10-17(16)30-3/h5,8-12H,4,6-7H2,1-3H3,(H,24,28)(H,26,27)/b25-15+. The monoisotopic (exact) mass is 437 g/mol. The van der Waals surface area contributed by atoms with E-state index in [1.165, 1.54) is 13.4 Å². The second kappa shape index (κ2) is 9.01. The van der Waals surface area contributed by atoms with Crippen LogP contribution in [0, 0.1) is 6.92 Å². The van der Waals surface area contributed by atoms with E-state index in [0.717, 1.165) is 12.0 Å². The second-order valence-corrected chi connectivity index (χ2v) is 7.20. The molecule has 32 heavy (non-hydrogen) atoms. The largest absolute Gasteiger partial charge is 0.497 e. The Labute approximate surface area is 184 Å². The van der Waals surface area contributed by atoms with Crippen LogP contribution in [0.1, 0.15) is 50.8 Å². The number of nitrogens with one attached hydrogen (secondary N) is 2. The van der Waals surface area contributed by atoms with E-state index in [2.05, 4.69) is 15.8 Å². The van der Waals surface area contributed by atoms with Crippen molar-refractivity contribution in [3.8, 4) is 11.5 Å². The van der Waals surface area contributed by atoms with Crippen LogP contribution in [0.5, 0.6) is 11.5 Å². The van der Waals surface area contributed by atoms with Crippen molar-refractivity contribution in [1.82, 2.24) is 5.43 Å². The number of hydrazone groups is 1. The van der Waals surface area contributed by atoms with Gasteiger partial charge in [0.05, 0.1) is 31.9 Å². The number of methoxy groups -OCH3 is 2. The summed E-state index contributed by atoms with van der Waals surface area (Å²) in [5, 5.41) is 7.10. The molecule has 3 aromatic rings. The molecule has 2 amide bonds. The Hall–Kier alpha value is -4.01. The maximum atomic E-state index is 13.0. The molecule has 0 aliphatic heterocycles. The third-order valence-electron chi connectivity index (χ3n) is 5.22. The number of nitrogens with zero attached hydrogens (tertiary/aromatic N) is 1. The average molecular weight is 437 g/mol. The Bertz CT molecular complexity index is 1180. The summed E-state index contributed by atoms with van der Waals surface area (Å²) < 4.78 is 21.6. The molecule has 0 bridgehead atoms. The van der Waals surface area contributed by atoms with Crippen molar-refractivity contribution in [2.24, 2.45) is 5.10 Å². The minimum Gasteiger partial charge on any atom is -0.497 e. The van der Waals surface area contributed by atoms with Crippen molar-refractivity contribution in [3.63, 3.8) is 0 Å². The first-order chi connectivity index (χ1) is 15.5.